The second-order valence-corrected chi connectivity index (χ2v) is 4.15. The van der Waals surface area contributed by atoms with Crippen molar-refractivity contribution in [3.8, 4) is 0 Å². The topological polar surface area (TPSA) is 20.2 Å². The van der Waals surface area contributed by atoms with Crippen molar-refractivity contribution in [2.45, 2.75) is 31.3 Å². The van der Waals surface area contributed by atoms with Gasteiger partial charge in [0.25, 0.3) is 0 Å². The van der Waals surface area contributed by atoms with Crippen LogP contribution in [0, 0.1) is 0 Å². The van der Waals surface area contributed by atoms with E-state index in [4.69, 9.17) is 0 Å². The van der Waals surface area contributed by atoms with E-state index in [1.165, 1.54) is 5.56 Å². The fraction of sp³-hybridized carbons (Fsp3) is 0.455. The smallest absolute Gasteiger partial charge is 0.0723 e. The van der Waals surface area contributed by atoms with E-state index in [9.17, 15) is 5.11 Å². The van der Waals surface area contributed by atoms with Crippen LogP contribution in [0.1, 0.15) is 25.8 Å². The molecule has 2 atom stereocenters. The molecule has 2 rings (SSSR count). The van der Waals surface area contributed by atoms with E-state index in [1.54, 1.807) is 0 Å². The van der Waals surface area contributed by atoms with Gasteiger partial charge >= 0.3 is 0 Å². The summed E-state index contributed by atoms with van der Waals surface area (Å²) in [6, 6.07) is 10.2. The number of benzene rings is 1. The summed E-state index contributed by atoms with van der Waals surface area (Å²) >= 11 is 0. The molecule has 64 valence electrons. The first-order valence-electron chi connectivity index (χ1n) is 4.34. The monoisotopic (exact) mass is 162 g/mol. The number of aliphatic hydroxyl groups is 1. The van der Waals surface area contributed by atoms with Crippen molar-refractivity contribution >= 4 is 0 Å². The van der Waals surface area contributed by atoms with E-state index >= 15 is 0 Å². The second-order valence-electron chi connectivity index (χ2n) is 4.15. The molecular weight excluding hydrogens is 148 g/mol. The Balaban J connectivity index is 2.35. The maximum atomic E-state index is 9.80. The largest absolute Gasteiger partial charge is 0.389 e. The van der Waals surface area contributed by atoms with Crippen molar-refractivity contribution in [2.75, 3.05) is 0 Å². The Morgan fingerprint density at radius 2 is 1.67 bits per heavy atom. The molecule has 1 N–H and O–H groups in total. The quantitative estimate of drug-likeness (QED) is 0.670. The Bertz CT molecular complexity index is 289. The average Bonchev–Trinajstić information content (AvgIpc) is 2.55. The van der Waals surface area contributed by atoms with Crippen molar-refractivity contribution in [1.82, 2.24) is 0 Å². The van der Waals surface area contributed by atoms with Crippen LogP contribution < -0.4 is 0 Å². The van der Waals surface area contributed by atoms with Crippen LogP contribution in [-0.2, 0) is 5.41 Å². The van der Waals surface area contributed by atoms with Crippen molar-refractivity contribution < 1.29 is 5.11 Å². The van der Waals surface area contributed by atoms with Crippen molar-refractivity contribution in [1.29, 1.82) is 0 Å². The van der Waals surface area contributed by atoms with Gasteiger partial charge in [0.05, 0.1) is 5.60 Å². The molecule has 1 aromatic carbocycles. The molecule has 0 aromatic heterocycles. The maximum Gasteiger partial charge on any atom is 0.0723 e. The first-order chi connectivity index (χ1) is 5.56. The third-order valence-electron chi connectivity index (χ3n) is 3.17. The van der Waals surface area contributed by atoms with E-state index in [-0.39, 0.29) is 5.41 Å². The lowest BCUT2D eigenvalue weighted by molar-refractivity contribution is 0.145. The molecule has 1 aliphatic rings. The minimum Gasteiger partial charge on any atom is -0.389 e. The Labute approximate surface area is 73.0 Å². The Morgan fingerprint density at radius 3 is 2.08 bits per heavy atom. The zero-order valence-corrected chi connectivity index (χ0v) is 7.54. The van der Waals surface area contributed by atoms with Gasteiger partial charge in [0.15, 0.2) is 0 Å². The number of rotatable bonds is 1. The predicted molar refractivity (Wildman–Crippen MR) is 49.0 cm³/mol. The van der Waals surface area contributed by atoms with Gasteiger partial charge in [0, 0.05) is 5.41 Å². The van der Waals surface area contributed by atoms with Gasteiger partial charge in [-0.2, -0.15) is 0 Å². The highest BCUT2D eigenvalue weighted by molar-refractivity contribution is 5.37. The summed E-state index contributed by atoms with van der Waals surface area (Å²) < 4.78 is 0. The molecular formula is C11H14O. The van der Waals surface area contributed by atoms with Gasteiger partial charge in [-0.25, -0.2) is 0 Å². The molecule has 0 spiro atoms. The number of hydrogen-bond donors (Lipinski definition) is 1. The molecule has 0 unspecified atom stereocenters. The van der Waals surface area contributed by atoms with E-state index in [1.807, 2.05) is 25.1 Å². The summed E-state index contributed by atoms with van der Waals surface area (Å²) in [5.74, 6) is 0. The van der Waals surface area contributed by atoms with Gasteiger partial charge in [0.1, 0.15) is 0 Å². The van der Waals surface area contributed by atoms with Gasteiger partial charge in [-0.15, -0.1) is 0 Å². The zero-order chi connectivity index (χ0) is 8.82. The molecule has 1 nitrogen and oxygen atoms in total. The Morgan fingerprint density at radius 1 is 1.17 bits per heavy atom. The molecule has 1 saturated carbocycles. The molecule has 0 heterocycles. The lowest BCUT2D eigenvalue weighted by Gasteiger charge is -2.13. The molecule has 1 aliphatic carbocycles. The first-order valence-corrected chi connectivity index (χ1v) is 4.34. The highest BCUT2D eigenvalue weighted by Crippen LogP contribution is 2.56. The van der Waals surface area contributed by atoms with Crippen molar-refractivity contribution in [3.05, 3.63) is 35.9 Å². The molecule has 0 bridgehead atoms. The third-order valence-corrected chi connectivity index (χ3v) is 3.17. The number of hydrogen-bond acceptors (Lipinski definition) is 1. The van der Waals surface area contributed by atoms with E-state index in [2.05, 4.69) is 19.1 Å². The van der Waals surface area contributed by atoms with Gasteiger partial charge in [0.2, 0.25) is 0 Å². The van der Waals surface area contributed by atoms with Crippen LogP contribution in [0.3, 0.4) is 0 Å². The van der Waals surface area contributed by atoms with Crippen LogP contribution in [-0.4, -0.2) is 10.7 Å². The molecule has 1 heteroatoms. The lowest BCUT2D eigenvalue weighted by atomic mass is 9.95. The standard InChI is InChI=1S/C11H14O/c1-10(8-11(10,2)12)9-6-4-3-5-7-9/h3-7,12H,8H2,1-2H3/t10-,11+/m1/s1. The predicted octanol–water partition coefficient (Wildman–Crippen LogP) is 2.10. The second kappa shape index (κ2) is 2.11. The SMILES string of the molecule is C[C@]1(O)C[C@]1(C)c1ccccc1. The minimum absolute atomic E-state index is 0.00569. The Kier molecular flexibility index (Phi) is 1.37. The van der Waals surface area contributed by atoms with Crippen LogP contribution in [0.5, 0.6) is 0 Å². The van der Waals surface area contributed by atoms with Crippen LogP contribution in [0.15, 0.2) is 30.3 Å². The maximum absolute atomic E-state index is 9.80. The lowest BCUT2D eigenvalue weighted by Crippen LogP contribution is -2.16. The van der Waals surface area contributed by atoms with Crippen LogP contribution in [0.4, 0.5) is 0 Å². The molecule has 0 aliphatic heterocycles. The Hall–Kier alpha value is -0.820. The van der Waals surface area contributed by atoms with Crippen LogP contribution in [0.2, 0.25) is 0 Å². The summed E-state index contributed by atoms with van der Waals surface area (Å²) in [5, 5.41) is 9.80. The van der Waals surface area contributed by atoms with Crippen LogP contribution >= 0.6 is 0 Å². The summed E-state index contributed by atoms with van der Waals surface area (Å²) in [7, 11) is 0. The average molecular weight is 162 g/mol. The van der Waals surface area contributed by atoms with E-state index in [0.29, 0.717) is 0 Å². The highest BCUT2D eigenvalue weighted by Gasteiger charge is 2.60. The summed E-state index contributed by atoms with van der Waals surface area (Å²) in [6.45, 7) is 4.02. The molecule has 12 heavy (non-hydrogen) atoms. The van der Waals surface area contributed by atoms with Gasteiger partial charge < -0.3 is 5.11 Å². The molecule has 0 saturated heterocycles. The summed E-state index contributed by atoms with van der Waals surface area (Å²) in [6.07, 6.45) is 0.879. The summed E-state index contributed by atoms with van der Waals surface area (Å²) in [5.41, 5.74) is 0.748. The van der Waals surface area contributed by atoms with E-state index < -0.39 is 5.60 Å². The van der Waals surface area contributed by atoms with Gasteiger partial charge in [-0.1, -0.05) is 37.3 Å². The first kappa shape index (κ1) is 7.81. The third kappa shape index (κ3) is 0.896. The normalized spacial score (nSPS) is 39.6. The van der Waals surface area contributed by atoms with Gasteiger partial charge in [-0.3, -0.25) is 0 Å². The fourth-order valence-corrected chi connectivity index (χ4v) is 1.86. The zero-order valence-electron chi connectivity index (χ0n) is 7.54. The van der Waals surface area contributed by atoms with Crippen LogP contribution in [0.25, 0.3) is 0 Å². The molecule has 0 amide bonds. The summed E-state index contributed by atoms with van der Waals surface area (Å²) in [4.78, 5) is 0. The van der Waals surface area contributed by atoms with E-state index in [0.717, 1.165) is 6.42 Å². The van der Waals surface area contributed by atoms with Crippen molar-refractivity contribution in [3.63, 3.8) is 0 Å². The fourth-order valence-electron chi connectivity index (χ4n) is 1.86. The molecule has 0 radical (unpaired) electrons. The highest BCUT2D eigenvalue weighted by atomic mass is 16.3. The van der Waals surface area contributed by atoms with Gasteiger partial charge in [-0.05, 0) is 18.9 Å². The molecule has 1 aromatic rings. The van der Waals surface area contributed by atoms with Crippen molar-refractivity contribution in [2.24, 2.45) is 0 Å². The molecule has 1 fully saturated rings. The minimum atomic E-state index is -0.492.